The van der Waals surface area contributed by atoms with Crippen molar-refractivity contribution in [1.29, 1.82) is 0 Å². The van der Waals surface area contributed by atoms with Crippen LogP contribution in [0.3, 0.4) is 0 Å². The van der Waals surface area contributed by atoms with Crippen LogP contribution in [-0.4, -0.2) is 23.8 Å². The van der Waals surface area contributed by atoms with Gasteiger partial charge in [0, 0.05) is 0 Å². The van der Waals surface area contributed by atoms with Crippen molar-refractivity contribution in [2.24, 2.45) is 0 Å². The molecule has 0 aromatic heterocycles. The van der Waals surface area contributed by atoms with Crippen molar-refractivity contribution < 1.29 is 14.6 Å². The molecule has 1 saturated heterocycles. The zero-order chi connectivity index (χ0) is 5.28. The van der Waals surface area contributed by atoms with Gasteiger partial charge in [0.2, 0.25) is 0 Å². The fourth-order valence-corrected chi connectivity index (χ4v) is 0.381. The summed E-state index contributed by atoms with van der Waals surface area (Å²) in [4.78, 5) is 9.77. The molecule has 0 radical (unpaired) electrons. The van der Waals surface area contributed by atoms with E-state index in [-0.39, 0.29) is 18.7 Å². The summed E-state index contributed by atoms with van der Waals surface area (Å²) >= 11 is 0. The fraction of sp³-hybridized carbons (Fsp3) is 0.750. The van der Waals surface area contributed by atoms with E-state index in [4.69, 9.17) is 5.11 Å². The molecule has 1 heterocycles. The summed E-state index contributed by atoms with van der Waals surface area (Å²) in [6.45, 7) is 0.631. The van der Waals surface area contributed by atoms with Crippen LogP contribution in [0.5, 0.6) is 0 Å². The van der Waals surface area contributed by atoms with Crippen molar-refractivity contribution in [2.75, 3.05) is 6.61 Å². The summed E-state index contributed by atoms with van der Waals surface area (Å²) in [6.07, 6.45) is 0.192. The Morgan fingerprint density at radius 2 is 2.38 bits per heavy atom. The van der Waals surface area contributed by atoms with Gasteiger partial charge in [0.15, 0.2) is 0 Å². The largest absolute Gasteiger partial charge is 0.481 e. The number of carboxylic acid groups (broad SMARTS) is 1. The highest BCUT2D eigenvalue weighted by Gasteiger charge is 2.24. The van der Waals surface area contributed by atoms with Crippen LogP contribution in [0.15, 0.2) is 0 Å². The van der Waals surface area contributed by atoms with Gasteiger partial charge in [-0.15, -0.1) is 0 Å². The molecule has 4 N–H and O–H groups in total. The van der Waals surface area contributed by atoms with Crippen molar-refractivity contribution in [2.45, 2.75) is 12.5 Å². The molecule has 1 aliphatic rings. The van der Waals surface area contributed by atoms with Gasteiger partial charge in [-0.05, 0) is 0 Å². The van der Waals surface area contributed by atoms with Gasteiger partial charge in [-0.1, -0.05) is 0 Å². The number of epoxide rings is 1. The van der Waals surface area contributed by atoms with E-state index in [0.29, 0.717) is 6.61 Å². The van der Waals surface area contributed by atoms with Crippen LogP contribution < -0.4 is 6.15 Å². The Kier molecular flexibility index (Phi) is 2.44. The molecular formula is C4H9NO3. The Hall–Kier alpha value is -0.610. The first-order valence-corrected chi connectivity index (χ1v) is 2.12. The molecule has 48 valence electrons. The van der Waals surface area contributed by atoms with Crippen molar-refractivity contribution in [3.8, 4) is 0 Å². The Labute approximate surface area is 47.0 Å². The number of hydrogen-bond acceptors (Lipinski definition) is 3. The van der Waals surface area contributed by atoms with Gasteiger partial charge in [-0.3, -0.25) is 4.79 Å². The van der Waals surface area contributed by atoms with Crippen LogP contribution >= 0.6 is 0 Å². The fourth-order valence-electron chi connectivity index (χ4n) is 0.381. The van der Waals surface area contributed by atoms with Crippen LogP contribution in [0.1, 0.15) is 6.42 Å². The van der Waals surface area contributed by atoms with Gasteiger partial charge in [-0.2, -0.15) is 0 Å². The summed E-state index contributed by atoms with van der Waals surface area (Å²) in [5, 5.41) is 8.04. The molecular weight excluding hydrogens is 110 g/mol. The summed E-state index contributed by atoms with van der Waals surface area (Å²) in [6, 6.07) is 0. The van der Waals surface area contributed by atoms with E-state index >= 15 is 0 Å². The molecule has 1 fully saturated rings. The van der Waals surface area contributed by atoms with Gasteiger partial charge in [0.05, 0.1) is 19.1 Å². The zero-order valence-electron chi connectivity index (χ0n) is 4.46. The highest BCUT2D eigenvalue weighted by atomic mass is 16.6. The van der Waals surface area contributed by atoms with E-state index in [9.17, 15) is 4.79 Å². The first-order chi connectivity index (χ1) is 3.29. The zero-order valence-corrected chi connectivity index (χ0v) is 4.46. The molecule has 0 saturated carbocycles. The number of carboxylic acids is 1. The third kappa shape index (κ3) is 2.54. The van der Waals surface area contributed by atoms with Crippen molar-refractivity contribution in [1.82, 2.24) is 6.15 Å². The second-order valence-electron chi connectivity index (χ2n) is 1.55. The third-order valence-electron chi connectivity index (χ3n) is 0.805. The topological polar surface area (TPSA) is 84.8 Å². The molecule has 1 aliphatic heterocycles. The summed E-state index contributed by atoms with van der Waals surface area (Å²) in [7, 11) is 0. The molecule has 0 bridgehead atoms. The van der Waals surface area contributed by atoms with Gasteiger partial charge >= 0.3 is 5.97 Å². The number of rotatable bonds is 2. The Morgan fingerprint density at radius 3 is 2.50 bits per heavy atom. The lowest BCUT2D eigenvalue weighted by Gasteiger charge is -1.80. The molecule has 1 unspecified atom stereocenters. The van der Waals surface area contributed by atoms with Crippen LogP contribution in [-0.2, 0) is 9.53 Å². The van der Waals surface area contributed by atoms with Crippen LogP contribution in [0, 0.1) is 0 Å². The normalized spacial score (nSPS) is 23.8. The molecule has 4 heteroatoms. The molecule has 0 aromatic rings. The molecule has 4 nitrogen and oxygen atoms in total. The Balaban J connectivity index is 0.000000490. The van der Waals surface area contributed by atoms with Gasteiger partial charge in [0.25, 0.3) is 0 Å². The minimum absolute atomic E-state index is 0. The van der Waals surface area contributed by atoms with E-state index in [1.54, 1.807) is 0 Å². The average molecular weight is 119 g/mol. The highest BCUT2D eigenvalue weighted by Crippen LogP contribution is 2.12. The minimum Gasteiger partial charge on any atom is -0.481 e. The maximum Gasteiger partial charge on any atom is 0.306 e. The maximum absolute atomic E-state index is 9.77. The average Bonchev–Trinajstić information content (AvgIpc) is 2.17. The summed E-state index contributed by atoms with van der Waals surface area (Å²) < 4.78 is 4.64. The van der Waals surface area contributed by atoms with Crippen LogP contribution in [0.4, 0.5) is 0 Å². The molecule has 1 atom stereocenters. The summed E-state index contributed by atoms with van der Waals surface area (Å²) in [5.41, 5.74) is 0. The van der Waals surface area contributed by atoms with E-state index in [1.165, 1.54) is 0 Å². The Bertz CT molecular complexity index is 89.3. The SMILES string of the molecule is N.O=C(O)CC1CO1. The van der Waals surface area contributed by atoms with Crippen molar-refractivity contribution in [3.63, 3.8) is 0 Å². The lowest BCUT2D eigenvalue weighted by molar-refractivity contribution is -0.137. The lowest BCUT2D eigenvalue weighted by atomic mass is 10.3. The quantitative estimate of drug-likeness (QED) is 0.502. The monoisotopic (exact) mass is 119 g/mol. The first kappa shape index (κ1) is 7.39. The van der Waals surface area contributed by atoms with E-state index in [1.807, 2.05) is 0 Å². The molecule has 0 spiro atoms. The second-order valence-corrected chi connectivity index (χ2v) is 1.55. The predicted molar refractivity (Wildman–Crippen MR) is 27.0 cm³/mol. The van der Waals surface area contributed by atoms with Gasteiger partial charge in [-0.25, -0.2) is 0 Å². The number of ether oxygens (including phenoxy) is 1. The Morgan fingerprint density at radius 1 is 1.88 bits per heavy atom. The molecule has 1 rings (SSSR count). The highest BCUT2D eigenvalue weighted by molar-refractivity contribution is 5.67. The van der Waals surface area contributed by atoms with E-state index in [0.717, 1.165) is 0 Å². The smallest absolute Gasteiger partial charge is 0.306 e. The predicted octanol–water partition coefficient (Wildman–Crippen LogP) is 0.0219. The minimum atomic E-state index is -0.775. The van der Waals surface area contributed by atoms with Crippen LogP contribution in [0.25, 0.3) is 0 Å². The van der Waals surface area contributed by atoms with Gasteiger partial charge < -0.3 is 16.0 Å². The summed E-state index contributed by atoms with van der Waals surface area (Å²) in [5.74, 6) is -0.775. The molecule has 8 heavy (non-hydrogen) atoms. The van der Waals surface area contributed by atoms with Gasteiger partial charge in [0.1, 0.15) is 0 Å². The van der Waals surface area contributed by atoms with Crippen molar-refractivity contribution >= 4 is 5.97 Å². The number of aliphatic carboxylic acids is 1. The standard InChI is InChI=1S/C4H6O3.H3N/c5-4(6)1-3-2-7-3;/h3H,1-2H2,(H,5,6);1H3. The van der Waals surface area contributed by atoms with E-state index < -0.39 is 5.97 Å². The first-order valence-electron chi connectivity index (χ1n) is 2.12. The van der Waals surface area contributed by atoms with Crippen molar-refractivity contribution in [3.05, 3.63) is 0 Å². The maximum atomic E-state index is 9.77. The number of carbonyl (C=O) groups is 1. The van der Waals surface area contributed by atoms with Crippen LogP contribution in [0.2, 0.25) is 0 Å². The third-order valence-corrected chi connectivity index (χ3v) is 0.805. The van der Waals surface area contributed by atoms with E-state index in [2.05, 4.69) is 4.74 Å². The molecule has 0 aliphatic carbocycles. The molecule has 0 amide bonds. The number of hydrogen-bond donors (Lipinski definition) is 2. The second kappa shape index (κ2) is 2.64. The molecule has 0 aromatic carbocycles. The lowest BCUT2D eigenvalue weighted by Crippen LogP contribution is -1.98.